The van der Waals surface area contributed by atoms with Crippen LogP contribution in [-0.2, 0) is 5.54 Å². The summed E-state index contributed by atoms with van der Waals surface area (Å²) in [6.45, 7) is 4.08. The zero-order valence-corrected chi connectivity index (χ0v) is 10.4. The first-order valence-electron chi connectivity index (χ1n) is 4.77. The molecule has 0 aliphatic carbocycles. The van der Waals surface area contributed by atoms with Crippen molar-refractivity contribution in [2.75, 3.05) is 0 Å². The highest BCUT2D eigenvalue weighted by Crippen LogP contribution is 2.28. The van der Waals surface area contributed by atoms with Crippen molar-refractivity contribution >= 4 is 22.7 Å². The van der Waals surface area contributed by atoms with Crippen molar-refractivity contribution in [3.05, 3.63) is 22.0 Å². The average molecular weight is 239 g/mol. The predicted molar refractivity (Wildman–Crippen MR) is 65.1 cm³/mol. The van der Waals surface area contributed by atoms with Gasteiger partial charge in [0.2, 0.25) is 0 Å². The smallest absolute Gasteiger partial charge is 0.143 e. The summed E-state index contributed by atoms with van der Waals surface area (Å²) in [7, 11) is 0. The van der Waals surface area contributed by atoms with E-state index in [9.17, 15) is 0 Å². The summed E-state index contributed by atoms with van der Waals surface area (Å²) in [4.78, 5) is 8.77. The number of thiazole rings is 2. The largest absolute Gasteiger partial charge is 0.320 e. The fourth-order valence-electron chi connectivity index (χ4n) is 1.15. The molecule has 80 valence electrons. The molecule has 2 N–H and O–H groups in total. The predicted octanol–water partition coefficient (Wildman–Crippen LogP) is 2.85. The standard InChI is InChI=1S/C10H13N3S2/c1-3-10(2,11)8-5-15-9(13-8)7-4-14-6-12-7/h4-6H,3,11H2,1-2H3. The molecule has 0 radical (unpaired) electrons. The van der Waals surface area contributed by atoms with Crippen LogP contribution in [0.4, 0.5) is 0 Å². The van der Waals surface area contributed by atoms with Crippen molar-refractivity contribution in [2.24, 2.45) is 5.73 Å². The van der Waals surface area contributed by atoms with Gasteiger partial charge < -0.3 is 5.73 Å². The Bertz CT molecular complexity index is 431. The van der Waals surface area contributed by atoms with Gasteiger partial charge in [-0.3, -0.25) is 0 Å². The zero-order valence-electron chi connectivity index (χ0n) is 8.73. The summed E-state index contributed by atoms with van der Waals surface area (Å²) in [5.74, 6) is 0. The maximum atomic E-state index is 6.13. The highest BCUT2D eigenvalue weighted by Gasteiger charge is 2.22. The van der Waals surface area contributed by atoms with E-state index in [2.05, 4.69) is 16.9 Å². The van der Waals surface area contributed by atoms with E-state index in [-0.39, 0.29) is 5.54 Å². The Morgan fingerprint density at radius 2 is 2.27 bits per heavy atom. The van der Waals surface area contributed by atoms with Crippen LogP contribution in [0.3, 0.4) is 0 Å². The lowest BCUT2D eigenvalue weighted by atomic mass is 9.97. The molecule has 0 bridgehead atoms. The number of hydrogen-bond donors (Lipinski definition) is 1. The summed E-state index contributed by atoms with van der Waals surface area (Å²) in [5.41, 5.74) is 9.52. The molecular formula is C10H13N3S2. The van der Waals surface area contributed by atoms with Gasteiger partial charge in [0.05, 0.1) is 16.7 Å². The molecule has 2 heterocycles. The van der Waals surface area contributed by atoms with Gasteiger partial charge in [0.25, 0.3) is 0 Å². The third-order valence-electron chi connectivity index (χ3n) is 2.48. The van der Waals surface area contributed by atoms with Crippen LogP contribution < -0.4 is 5.73 Å². The SMILES string of the molecule is CCC(C)(N)c1csc(-c2cscn2)n1. The maximum Gasteiger partial charge on any atom is 0.143 e. The lowest BCUT2D eigenvalue weighted by molar-refractivity contribution is 0.465. The van der Waals surface area contributed by atoms with Crippen LogP contribution in [0.15, 0.2) is 16.3 Å². The molecule has 1 unspecified atom stereocenters. The van der Waals surface area contributed by atoms with Gasteiger partial charge in [-0.05, 0) is 13.3 Å². The van der Waals surface area contributed by atoms with Gasteiger partial charge in [0, 0.05) is 10.8 Å². The zero-order chi connectivity index (χ0) is 10.9. The summed E-state index contributed by atoms with van der Waals surface area (Å²) >= 11 is 3.18. The minimum Gasteiger partial charge on any atom is -0.320 e. The monoisotopic (exact) mass is 239 g/mol. The Kier molecular flexibility index (Phi) is 2.86. The van der Waals surface area contributed by atoms with Gasteiger partial charge in [-0.2, -0.15) is 0 Å². The highest BCUT2D eigenvalue weighted by atomic mass is 32.1. The molecule has 0 aliphatic heterocycles. The van der Waals surface area contributed by atoms with Gasteiger partial charge in [-0.25, -0.2) is 9.97 Å². The molecule has 0 amide bonds. The molecule has 0 saturated carbocycles. The fourth-order valence-corrected chi connectivity index (χ4v) is 2.69. The average Bonchev–Trinajstić information content (AvgIpc) is 2.88. The highest BCUT2D eigenvalue weighted by molar-refractivity contribution is 7.13. The van der Waals surface area contributed by atoms with Crippen molar-refractivity contribution in [1.29, 1.82) is 0 Å². The van der Waals surface area contributed by atoms with Crippen LogP contribution in [-0.4, -0.2) is 9.97 Å². The van der Waals surface area contributed by atoms with Crippen LogP contribution in [0, 0.1) is 0 Å². The normalized spacial score (nSPS) is 15.1. The summed E-state index contributed by atoms with van der Waals surface area (Å²) in [6, 6.07) is 0. The number of rotatable bonds is 3. The quantitative estimate of drug-likeness (QED) is 0.896. The topological polar surface area (TPSA) is 51.8 Å². The summed E-state index contributed by atoms with van der Waals surface area (Å²) in [5, 5.41) is 4.98. The Balaban J connectivity index is 2.33. The number of hydrogen-bond acceptors (Lipinski definition) is 5. The van der Waals surface area contributed by atoms with E-state index in [1.54, 1.807) is 22.7 Å². The molecule has 0 saturated heterocycles. The molecule has 2 aromatic rings. The Morgan fingerprint density at radius 3 is 2.87 bits per heavy atom. The third-order valence-corrected chi connectivity index (χ3v) is 3.93. The molecule has 15 heavy (non-hydrogen) atoms. The van der Waals surface area contributed by atoms with Gasteiger partial charge >= 0.3 is 0 Å². The Labute approximate surface area is 97.0 Å². The number of nitrogens with zero attached hydrogens (tertiary/aromatic N) is 2. The number of aromatic nitrogens is 2. The summed E-state index contributed by atoms with van der Waals surface area (Å²) < 4.78 is 0. The van der Waals surface area contributed by atoms with Crippen molar-refractivity contribution in [2.45, 2.75) is 25.8 Å². The molecule has 0 fully saturated rings. The van der Waals surface area contributed by atoms with Gasteiger partial charge in [-0.15, -0.1) is 22.7 Å². The van der Waals surface area contributed by atoms with Gasteiger partial charge in [0.15, 0.2) is 0 Å². The maximum absolute atomic E-state index is 6.13. The molecule has 5 heteroatoms. The minimum atomic E-state index is -0.329. The third kappa shape index (κ3) is 2.09. The van der Waals surface area contributed by atoms with E-state index < -0.39 is 0 Å². The number of nitrogens with two attached hydrogens (primary N) is 1. The van der Waals surface area contributed by atoms with E-state index in [4.69, 9.17) is 5.73 Å². The minimum absolute atomic E-state index is 0.329. The second kappa shape index (κ2) is 4.00. The van der Waals surface area contributed by atoms with E-state index in [0.29, 0.717) is 0 Å². The molecule has 2 rings (SSSR count). The second-order valence-electron chi connectivity index (χ2n) is 3.68. The van der Waals surface area contributed by atoms with Crippen molar-refractivity contribution in [3.63, 3.8) is 0 Å². The van der Waals surface area contributed by atoms with Crippen LogP contribution in [0.1, 0.15) is 26.0 Å². The fraction of sp³-hybridized carbons (Fsp3) is 0.400. The molecule has 0 aliphatic rings. The van der Waals surface area contributed by atoms with E-state index in [1.807, 2.05) is 23.2 Å². The Hall–Kier alpha value is -0.780. The van der Waals surface area contributed by atoms with Crippen LogP contribution in [0.5, 0.6) is 0 Å². The lowest BCUT2D eigenvalue weighted by Gasteiger charge is -2.19. The van der Waals surface area contributed by atoms with E-state index in [0.717, 1.165) is 22.8 Å². The van der Waals surface area contributed by atoms with E-state index >= 15 is 0 Å². The van der Waals surface area contributed by atoms with Gasteiger partial charge in [0.1, 0.15) is 10.7 Å². The lowest BCUT2D eigenvalue weighted by Crippen LogP contribution is -2.32. The van der Waals surface area contributed by atoms with Gasteiger partial charge in [-0.1, -0.05) is 6.92 Å². The Morgan fingerprint density at radius 1 is 1.47 bits per heavy atom. The first-order chi connectivity index (χ1) is 7.13. The first-order valence-corrected chi connectivity index (χ1v) is 6.59. The first kappa shape index (κ1) is 10.7. The van der Waals surface area contributed by atoms with E-state index in [1.165, 1.54) is 0 Å². The van der Waals surface area contributed by atoms with Crippen molar-refractivity contribution in [3.8, 4) is 10.7 Å². The van der Waals surface area contributed by atoms with Crippen molar-refractivity contribution in [1.82, 2.24) is 9.97 Å². The summed E-state index contributed by atoms with van der Waals surface area (Å²) in [6.07, 6.45) is 0.882. The van der Waals surface area contributed by atoms with Crippen LogP contribution in [0.25, 0.3) is 10.7 Å². The van der Waals surface area contributed by atoms with Crippen molar-refractivity contribution < 1.29 is 0 Å². The molecule has 2 aromatic heterocycles. The molecule has 0 aromatic carbocycles. The van der Waals surface area contributed by atoms with Crippen LogP contribution in [0.2, 0.25) is 0 Å². The molecule has 0 spiro atoms. The molecule has 3 nitrogen and oxygen atoms in total. The van der Waals surface area contributed by atoms with Crippen LogP contribution >= 0.6 is 22.7 Å². The molecular weight excluding hydrogens is 226 g/mol. The molecule has 1 atom stereocenters. The second-order valence-corrected chi connectivity index (χ2v) is 5.26.